The van der Waals surface area contributed by atoms with Crippen LogP contribution in [0.2, 0.25) is 0 Å². The summed E-state index contributed by atoms with van der Waals surface area (Å²) in [5, 5.41) is 8.35. The lowest BCUT2D eigenvalue weighted by Gasteiger charge is -2.33. The summed E-state index contributed by atoms with van der Waals surface area (Å²) < 4.78 is 18.3. The monoisotopic (exact) mass is 554 g/mol. The number of methoxy groups -OCH3 is 2. The average Bonchev–Trinajstić information content (AvgIpc) is 3.63. The maximum Gasteiger partial charge on any atom is 0.245 e. The van der Waals surface area contributed by atoms with Crippen LogP contribution >= 0.6 is 0 Å². The molecule has 1 aliphatic carbocycles. The number of fused-ring (bicyclic) bond motifs is 1. The van der Waals surface area contributed by atoms with E-state index < -0.39 is 5.54 Å². The lowest BCUT2D eigenvalue weighted by molar-refractivity contribution is 0.337. The molecule has 11 heteroatoms. The number of benzene rings is 1. The molecule has 0 atom stereocenters. The van der Waals surface area contributed by atoms with Gasteiger partial charge >= 0.3 is 0 Å². The molecule has 1 fully saturated rings. The van der Waals surface area contributed by atoms with Crippen molar-refractivity contribution in [1.82, 2.24) is 29.5 Å². The van der Waals surface area contributed by atoms with E-state index in [-0.39, 0.29) is 5.92 Å². The van der Waals surface area contributed by atoms with Crippen molar-refractivity contribution in [2.45, 2.75) is 57.5 Å². The fourth-order valence-corrected chi connectivity index (χ4v) is 5.20. The van der Waals surface area contributed by atoms with E-state index in [4.69, 9.17) is 34.7 Å². The van der Waals surface area contributed by atoms with Crippen LogP contribution in [0.5, 0.6) is 11.5 Å². The van der Waals surface area contributed by atoms with Gasteiger partial charge in [-0.25, -0.2) is 15.0 Å². The van der Waals surface area contributed by atoms with E-state index in [0.29, 0.717) is 41.4 Å². The van der Waals surface area contributed by atoms with Crippen molar-refractivity contribution in [2.24, 2.45) is 5.73 Å². The molecule has 4 aromatic heterocycles. The van der Waals surface area contributed by atoms with E-state index in [0.717, 1.165) is 41.2 Å². The lowest BCUT2D eigenvalue weighted by Crippen LogP contribution is -2.30. The highest BCUT2D eigenvalue weighted by Gasteiger charge is 2.35. The third-order valence-electron chi connectivity index (χ3n) is 7.72. The Morgan fingerprint density at radius 2 is 1.90 bits per heavy atom. The van der Waals surface area contributed by atoms with E-state index in [1.165, 1.54) is 11.8 Å². The van der Waals surface area contributed by atoms with E-state index in [9.17, 15) is 0 Å². The topological polar surface area (TPSA) is 139 Å². The summed E-state index contributed by atoms with van der Waals surface area (Å²) in [6.45, 7) is 6.34. The van der Waals surface area contributed by atoms with Crippen LogP contribution in [-0.4, -0.2) is 43.8 Å². The van der Waals surface area contributed by atoms with Crippen LogP contribution in [0.1, 0.15) is 66.7 Å². The SMILES string of the molecule is COc1ccc(CNc2nc(-c3ncco3)c(C)c3nc([C@H]4C[C@H](c5ccc(C(C)(C)N)nc5)C4)nn23)c(OC)c1. The summed E-state index contributed by atoms with van der Waals surface area (Å²) in [5.74, 6) is 3.86. The molecule has 1 aromatic carbocycles. The molecule has 5 aromatic rings. The molecule has 0 aliphatic heterocycles. The molecule has 1 saturated carbocycles. The van der Waals surface area contributed by atoms with Crippen molar-refractivity contribution in [3.05, 3.63) is 77.2 Å². The molecular formula is C30H34N8O3. The molecule has 41 heavy (non-hydrogen) atoms. The van der Waals surface area contributed by atoms with Gasteiger partial charge in [0.05, 0.1) is 31.6 Å². The minimum atomic E-state index is -0.457. The summed E-state index contributed by atoms with van der Waals surface area (Å²) in [6.07, 6.45) is 7.00. The van der Waals surface area contributed by atoms with Gasteiger partial charge in [0, 0.05) is 35.9 Å². The minimum absolute atomic E-state index is 0.240. The van der Waals surface area contributed by atoms with Crippen molar-refractivity contribution < 1.29 is 13.9 Å². The van der Waals surface area contributed by atoms with E-state index in [1.807, 2.05) is 51.2 Å². The number of ether oxygens (including phenoxy) is 2. The zero-order valence-corrected chi connectivity index (χ0v) is 23.9. The molecule has 1 aliphatic rings. The molecular weight excluding hydrogens is 520 g/mol. The number of oxazole rings is 1. The number of aromatic nitrogens is 6. The van der Waals surface area contributed by atoms with Crippen LogP contribution in [0.25, 0.3) is 17.2 Å². The quantitative estimate of drug-likeness (QED) is 0.257. The Balaban J connectivity index is 1.28. The molecule has 6 rings (SSSR count). The highest BCUT2D eigenvalue weighted by molar-refractivity contribution is 5.66. The maximum absolute atomic E-state index is 6.20. The Morgan fingerprint density at radius 3 is 2.56 bits per heavy atom. The molecule has 0 radical (unpaired) electrons. The van der Waals surface area contributed by atoms with Gasteiger partial charge in [-0.2, -0.15) is 4.52 Å². The summed E-state index contributed by atoms with van der Waals surface area (Å²) in [7, 11) is 3.27. The third-order valence-corrected chi connectivity index (χ3v) is 7.72. The smallest absolute Gasteiger partial charge is 0.245 e. The molecule has 3 N–H and O–H groups in total. The predicted octanol–water partition coefficient (Wildman–Crippen LogP) is 4.97. The maximum atomic E-state index is 6.20. The van der Waals surface area contributed by atoms with Gasteiger partial charge in [0.25, 0.3) is 0 Å². The Morgan fingerprint density at radius 1 is 1.07 bits per heavy atom. The van der Waals surface area contributed by atoms with Gasteiger partial charge in [-0.05, 0) is 63.3 Å². The number of rotatable bonds is 9. The predicted molar refractivity (Wildman–Crippen MR) is 154 cm³/mol. The van der Waals surface area contributed by atoms with Gasteiger partial charge in [0.2, 0.25) is 11.8 Å². The van der Waals surface area contributed by atoms with E-state index in [1.54, 1.807) is 24.9 Å². The van der Waals surface area contributed by atoms with Gasteiger partial charge in [-0.15, -0.1) is 5.10 Å². The standard InChI is InChI=1S/C30H34N8O3/c1-17-25(28-32-10-11-41-28)35-29(34-16-19-6-8-22(39-4)14-23(19)40-5)38-27(17)36-26(37-38)21-12-20(13-21)18-7-9-24(33-15-18)30(2,3)31/h6-11,14-15,20-21H,12-13,16,31H2,1-5H3,(H,34,35)/t20-,21-. The molecule has 0 spiro atoms. The number of aryl methyl sites for hydroxylation is 1. The highest BCUT2D eigenvalue weighted by atomic mass is 16.5. The molecule has 212 valence electrons. The third kappa shape index (κ3) is 5.08. The van der Waals surface area contributed by atoms with Crippen LogP contribution in [0.4, 0.5) is 5.95 Å². The number of hydrogen-bond donors (Lipinski definition) is 2. The number of hydrogen-bond acceptors (Lipinski definition) is 10. The summed E-state index contributed by atoms with van der Waals surface area (Å²) in [6, 6.07) is 9.88. The van der Waals surface area contributed by atoms with Crippen molar-refractivity contribution in [1.29, 1.82) is 0 Å². The van der Waals surface area contributed by atoms with Crippen molar-refractivity contribution in [3.8, 4) is 23.1 Å². The first-order chi connectivity index (χ1) is 19.7. The van der Waals surface area contributed by atoms with Gasteiger partial charge < -0.3 is 24.9 Å². The Hall–Kier alpha value is -4.51. The van der Waals surface area contributed by atoms with Crippen molar-refractivity contribution in [2.75, 3.05) is 19.5 Å². The molecule has 0 bridgehead atoms. The Labute approximate surface area is 238 Å². The first-order valence-corrected chi connectivity index (χ1v) is 13.6. The van der Waals surface area contributed by atoms with E-state index >= 15 is 0 Å². The minimum Gasteiger partial charge on any atom is -0.497 e. The molecule has 11 nitrogen and oxygen atoms in total. The zero-order chi connectivity index (χ0) is 28.7. The number of nitrogens with zero attached hydrogens (tertiary/aromatic N) is 6. The largest absolute Gasteiger partial charge is 0.497 e. The average molecular weight is 555 g/mol. The summed E-state index contributed by atoms with van der Waals surface area (Å²) in [5.41, 5.74) is 11.0. The molecule has 0 unspecified atom stereocenters. The van der Waals surface area contributed by atoms with Crippen LogP contribution in [0.3, 0.4) is 0 Å². The number of anilines is 1. The second kappa shape index (κ2) is 10.5. The lowest BCUT2D eigenvalue weighted by atomic mass is 9.71. The fraction of sp³-hybridized carbons (Fsp3) is 0.367. The molecule has 4 heterocycles. The molecule has 0 amide bonds. The van der Waals surface area contributed by atoms with Crippen LogP contribution in [-0.2, 0) is 12.1 Å². The van der Waals surface area contributed by atoms with Crippen molar-refractivity contribution >= 4 is 11.6 Å². The highest BCUT2D eigenvalue weighted by Crippen LogP contribution is 2.46. The van der Waals surface area contributed by atoms with E-state index in [2.05, 4.69) is 21.4 Å². The first-order valence-electron chi connectivity index (χ1n) is 13.6. The normalized spacial score (nSPS) is 16.9. The van der Waals surface area contributed by atoms with Crippen LogP contribution < -0.4 is 20.5 Å². The fourth-order valence-electron chi connectivity index (χ4n) is 5.20. The Bertz CT molecular complexity index is 1670. The van der Waals surface area contributed by atoms with Crippen LogP contribution in [0.15, 0.2) is 53.4 Å². The van der Waals surface area contributed by atoms with Gasteiger partial charge in [0.15, 0.2) is 11.5 Å². The summed E-state index contributed by atoms with van der Waals surface area (Å²) >= 11 is 0. The molecule has 0 saturated heterocycles. The second-order valence-electron chi connectivity index (χ2n) is 11.0. The number of nitrogens with one attached hydrogen (secondary N) is 1. The Kier molecular flexibility index (Phi) is 6.82. The van der Waals surface area contributed by atoms with Crippen LogP contribution in [0, 0.1) is 6.92 Å². The van der Waals surface area contributed by atoms with Gasteiger partial charge in [-0.3, -0.25) is 4.98 Å². The number of nitrogens with two attached hydrogens (primary N) is 1. The first kappa shape index (κ1) is 26.7. The van der Waals surface area contributed by atoms with Gasteiger partial charge in [0.1, 0.15) is 23.5 Å². The second-order valence-corrected chi connectivity index (χ2v) is 11.0. The van der Waals surface area contributed by atoms with Crippen molar-refractivity contribution in [3.63, 3.8) is 0 Å². The summed E-state index contributed by atoms with van der Waals surface area (Å²) in [4.78, 5) is 18.8. The van der Waals surface area contributed by atoms with Gasteiger partial charge in [-0.1, -0.05) is 6.07 Å². The number of pyridine rings is 1. The zero-order valence-electron chi connectivity index (χ0n) is 23.9.